The Hall–Kier alpha value is -2.50. The molecule has 0 heterocycles. The number of carbonyl (C=O) groups excluding carboxylic acids is 1. The van der Waals surface area contributed by atoms with Crippen LogP contribution in [0.15, 0.2) is 54.6 Å². The van der Waals surface area contributed by atoms with E-state index in [2.05, 4.69) is 0 Å². The summed E-state index contributed by atoms with van der Waals surface area (Å²) in [4.78, 5) is 11.9. The topological polar surface area (TPSA) is 38.3 Å². The maximum absolute atomic E-state index is 12.2. The lowest BCUT2D eigenvalue weighted by atomic mass is 10.1. The lowest BCUT2D eigenvalue weighted by Crippen LogP contribution is -2.34. The first-order valence-electron chi connectivity index (χ1n) is 6.56. The van der Waals surface area contributed by atoms with Crippen molar-refractivity contribution in [3.63, 3.8) is 0 Å². The van der Waals surface area contributed by atoms with Crippen LogP contribution in [0.5, 0.6) is 5.75 Å². The van der Waals surface area contributed by atoms with E-state index < -0.39 is 18.6 Å². The van der Waals surface area contributed by atoms with Crippen LogP contribution in [-0.4, -0.2) is 18.6 Å². The Morgan fingerprint density at radius 2 is 1.64 bits per heavy atom. The van der Waals surface area contributed by atoms with E-state index in [1.807, 2.05) is 11.4 Å². The molecule has 0 saturated carbocycles. The largest absolute Gasteiger partial charge is 0.489 e. The average Bonchev–Trinajstić information content (AvgIpc) is 2.51. The third-order valence-corrected chi connectivity index (χ3v) is 2.85. The maximum Gasteiger partial charge on any atom is 0.405 e. The molecule has 1 N–H and O–H groups in total. The lowest BCUT2D eigenvalue weighted by Gasteiger charge is -2.12. The van der Waals surface area contributed by atoms with Crippen molar-refractivity contribution in [3.05, 3.63) is 65.7 Å². The van der Waals surface area contributed by atoms with Gasteiger partial charge in [-0.25, -0.2) is 0 Å². The molecule has 1 amide bonds. The number of alkyl halides is 3. The highest BCUT2D eigenvalue weighted by Gasteiger charge is 2.28. The third-order valence-electron chi connectivity index (χ3n) is 2.85. The number of ether oxygens (including phenoxy) is 1. The second-order valence-corrected chi connectivity index (χ2v) is 4.56. The molecule has 6 heteroatoms. The molecule has 0 aromatic heterocycles. The van der Waals surface area contributed by atoms with Gasteiger partial charge in [-0.1, -0.05) is 36.4 Å². The van der Waals surface area contributed by atoms with Crippen LogP contribution in [0, 0.1) is 0 Å². The van der Waals surface area contributed by atoms with Gasteiger partial charge in [-0.3, -0.25) is 4.79 Å². The smallest absolute Gasteiger partial charge is 0.405 e. The molecular weight excluding hydrogens is 295 g/mol. The summed E-state index contributed by atoms with van der Waals surface area (Å²) in [7, 11) is 0. The number of hydrogen-bond donors (Lipinski definition) is 1. The molecule has 0 spiro atoms. The Morgan fingerprint density at radius 1 is 1.00 bits per heavy atom. The number of amides is 1. The van der Waals surface area contributed by atoms with Gasteiger partial charge in [-0.2, -0.15) is 13.2 Å². The molecule has 22 heavy (non-hydrogen) atoms. The van der Waals surface area contributed by atoms with E-state index in [0.29, 0.717) is 11.3 Å². The van der Waals surface area contributed by atoms with Crippen molar-refractivity contribution in [3.8, 4) is 5.75 Å². The molecule has 3 nitrogen and oxygen atoms in total. The molecule has 0 radical (unpaired) electrons. The van der Waals surface area contributed by atoms with E-state index in [0.717, 1.165) is 0 Å². The quantitative estimate of drug-likeness (QED) is 0.917. The number of nitrogens with one attached hydrogen (secondary N) is 1. The molecule has 116 valence electrons. The van der Waals surface area contributed by atoms with E-state index in [-0.39, 0.29) is 12.2 Å². The second-order valence-electron chi connectivity index (χ2n) is 4.56. The van der Waals surface area contributed by atoms with Crippen molar-refractivity contribution in [2.24, 2.45) is 0 Å². The minimum atomic E-state index is -4.44. The van der Waals surface area contributed by atoms with Crippen molar-refractivity contribution in [1.29, 1.82) is 0 Å². The highest BCUT2D eigenvalue weighted by molar-refractivity contribution is 5.95. The summed E-state index contributed by atoms with van der Waals surface area (Å²) in [5.74, 6) is -0.155. The maximum atomic E-state index is 12.2. The van der Waals surface area contributed by atoms with Crippen molar-refractivity contribution in [2.75, 3.05) is 6.54 Å². The minimum absolute atomic E-state index is 0.0968. The first-order chi connectivity index (χ1) is 10.5. The highest BCUT2D eigenvalue weighted by Crippen LogP contribution is 2.16. The van der Waals surface area contributed by atoms with Gasteiger partial charge < -0.3 is 10.1 Å². The number of rotatable bonds is 5. The van der Waals surface area contributed by atoms with E-state index in [1.165, 1.54) is 6.07 Å². The summed E-state index contributed by atoms with van der Waals surface area (Å²) < 4.78 is 42.0. The van der Waals surface area contributed by atoms with Crippen LogP contribution in [0.25, 0.3) is 0 Å². The van der Waals surface area contributed by atoms with Crippen LogP contribution in [0.1, 0.15) is 15.9 Å². The van der Waals surface area contributed by atoms with Gasteiger partial charge in [0.1, 0.15) is 18.9 Å². The molecule has 2 aromatic rings. The Morgan fingerprint density at radius 3 is 2.32 bits per heavy atom. The Bertz CT molecular complexity index is 627. The zero-order valence-electron chi connectivity index (χ0n) is 11.6. The van der Waals surface area contributed by atoms with Gasteiger partial charge in [-0.15, -0.1) is 0 Å². The van der Waals surface area contributed by atoms with Gasteiger partial charge in [-0.05, 0) is 18.2 Å². The molecule has 0 unspecified atom stereocenters. The van der Waals surface area contributed by atoms with Gasteiger partial charge in [0.2, 0.25) is 0 Å². The van der Waals surface area contributed by atoms with Crippen molar-refractivity contribution >= 4 is 5.91 Å². The average molecular weight is 309 g/mol. The van der Waals surface area contributed by atoms with E-state index >= 15 is 0 Å². The van der Waals surface area contributed by atoms with Crippen LogP contribution in [0.4, 0.5) is 13.2 Å². The van der Waals surface area contributed by atoms with E-state index in [1.54, 1.807) is 42.5 Å². The van der Waals surface area contributed by atoms with Gasteiger partial charge in [0.05, 0.1) is 0 Å². The van der Waals surface area contributed by atoms with Crippen LogP contribution >= 0.6 is 0 Å². The molecule has 0 aliphatic rings. The third kappa shape index (κ3) is 4.80. The van der Waals surface area contributed by atoms with Crippen LogP contribution < -0.4 is 10.1 Å². The van der Waals surface area contributed by atoms with Gasteiger partial charge >= 0.3 is 6.18 Å². The van der Waals surface area contributed by atoms with Gasteiger partial charge in [0, 0.05) is 11.1 Å². The second kappa shape index (κ2) is 6.98. The normalized spacial score (nSPS) is 11.0. The highest BCUT2D eigenvalue weighted by atomic mass is 19.4. The van der Waals surface area contributed by atoms with Gasteiger partial charge in [0.15, 0.2) is 0 Å². The van der Waals surface area contributed by atoms with Crippen LogP contribution in [0.3, 0.4) is 0 Å². The molecule has 0 saturated heterocycles. The molecule has 2 rings (SSSR count). The first-order valence-corrected chi connectivity index (χ1v) is 6.56. The number of carbonyl (C=O) groups is 1. The van der Waals surface area contributed by atoms with Gasteiger partial charge in [0.25, 0.3) is 5.91 Å². The van der Waals surface area contributed by atoms with Crippen LogP contribution in [0.2, 0.25) is 0 Å². The fraction of sp³-hybridized carbons (Fsp3) is 0.188. The SMILES string of the molecule is O=C(NCC(F)(F)F)c1ccccc1COc1ccccc1. The summed E-state index contributed by atoms with van der Waals surface area (Å²) in [6, 6.07) is 15.4. The fourth-order valence-corrected chi connectivity index (χ4v) is 1.82. The lowest BCUT2D eigenvalue weighted by molar-refractivity contribution is -0.123. The Balaban J connectivity index is 2.05. The molecule has 2 aromatic carbocycles. The van der Waals surface area contributed by atoms with E-state index in [9.17, 15) is 18.0 Å². The molecule has 0 aliphatic carbocycles. The summed E-state index contributed by atoms with van der Waals surface area (Å²) in [5.41, 5.74) is 0.689. The molecular formula is C16H14F3NO2. The monoisotopic (exact) mass is 309 g/mol. The summed E-state index contributed by atoms with van der Waals surface area (Å²) in [6.07, 6.45) is -4.44. The standard InChI is InChI=1S/C16H14F3NO2/c17-16(18,19)11-20-15(21)14-9-5-4-6-12(14)10-22-13-7-2-1-3-8-13/h1-9H,10-11H2,(H,20,21). The van der Waals surface area contributed by atoms with Crippen molar-refractivity contribution in [1.82, 2.24) is 5.32 Å². The Kier molecular flexibility index (Phi) is 5.04. The number of hydrogen-bond acceptors (Lipinski definition) is 2. The minimum Gasteiger partial charge on any atom is -0.489 e. The zero-order valence-corrected chi connectivity index (χ0v) is 11.6. The predicted octanol–water partition coefficient (Wildman–Crippen LogP) is 3.56. The summed E-state index contributed by atoms with van der Waals surface area (Å²) in [6.45, 7) is -1.26. The zero-order chi connectivity index (χ0) is 16.0. The fourth-order valence-electron chi connectivity index (χ4n) is 1.82. The van der Waals surface area contributed by atoms with Crippen molar-refractivity contribution in [2.45, 2.75) is 12.8 Å². The molecule has 0 fully saturated rings. The summed E-state index contributed by atoms with van der Waals surface area (Å²) in [5, 5.41) is 1.86. The van der Waals surface area contributed by atoms with E-state index in [4.69, 9.17) is 4.74 Å². The first kappa shape index (κ1) is 15.9. The molecule has 0 aliphatic heterocycles. The Labute approximate surface area is 125 Å². The van der Waals surface area contributed by atoms with Crippen LogP contribution in [-0.2, 0) is 6.61 Å². The summed E-state index contributed by atoms with van der Waals surface area (Å²) >= 11 is 0. The molecule has 0 atom stereocenters. The number of halogens is 3. The van der Waals surface area contributed by atoms with Crippen molar-refractivity contribution < 1.29 is 22.7 Å². The predicted molar refractivity (Wildman–Crippen MR) is 75.6 cm³/mol. The number of benzene rings is 2. The molecule has 0 bridgehead atoms. The number of para-hydroxylation sites is 1.